The molecule has 0 radical (unpaired) electrons. The van der Waals surface area contributed by atoms with Crippen molar-refractivity contribution in [3.63, 3.8) is 0 Å². The van der Waals surface area contributed by atoms with E-state index >= 15 is 0 Å². The summed E-state index contributed by atoms with van der Waals surface area (Å²) < 4.78 is 33.0. The first kappa shape index (κ1) is 16.6. The van der Waals surface area contributed by atoms with Crippen LogP contribution in [-0.4, -0.2) is 46.2 Å². The smallest absolute Gasteiger partial charge is 0.240 e. The fraction of sp³-hybridized carbons (Fsp3) is 0.375. The molecule has 5 nitrogen and oxygen atoms in total. The Bertz CT molecular complexity index is 696. The highest BCUT2D eigenvalue weighted by atomic mass is 32.2. The summed E-state index contributed by atoms with van der Waals surface area (Å²) in [5.74, 6) is 0. The van der Waals surface area contributed by atoms with E-state index in [1.165, 1.54) is 4.88 Å². The molecule has 0 bridgehead atoms. The van der Waals surface area contributed by atoms with Crippen LogP contribution < -0.4 is 4.72 Å². The van der Waals surface area contributed by atoms with Gasteiger partial charge >= 0.3 is 0 Å². The lowest BCUT2D eigenvalue weighted by Gasteiger charge is -2.34. The van der Waals surface area contributed by atoms with Gasteiger partial charge in [-0.1, -0.05) is 24.3 Å². The normalized spacial score (nSPS) is 17.9. The van der Waals surface area contributed by atoms with Crippen LogP contribution in [0.15, 0.2) is 52.7 Å². The molecule has 1 aromatic heterocycles. The van der Waals surface area contributed by atoms with Crippen LogP contribution in [0.25, 0.3) is 0 Å². The van der Waals surface area contributed by atoms with Crippen LogP contribution in [0, 0.1) is 0 Å². The van der Waals surface area contributed by atoms with E-state index in [0.29, 0.717) is 24.7 Å². The molecule has 1 saturated heterocycles. The zero-order chi connectivity index (χ0) is 16.1. The average molecular weight is 352 g/mol. The Morgan fingerprint density at radius 2 is 1.87 bits per heavy atom. The zero-order valence-electron chi connectivity index (χ0n) is 12.7. The molecular weight excluding hydrogens is 332 g/mol. The van der Waals surface area contributed by atoms with Gasteiger partial charge in [-0.15, -0.1) is 11.3 Å². The first-order valence-electron chi connectivity index (χ1n) is 7.57. The lowest BCUT2D eigenvalue weighted by Crippen LogP contribution is -2.43. The van der Waals surface area contributed by atoms with E-state index in [1.807, 2.05) is 11.4 Å². The van der Waals surface area contributed by atoms with Gasteiger partial charge in [-0.3, -0.25) is 4.90 Å². The first-order chi connectivity index (χ1) is 11.2. The number of rotatable bonds is 6. The summed E-state index contributed by atoms with van der Waals surface area (Å²) in [6, 6.07) is 12.6. The van der Waals surface area contributed by atoms with Crippen molar-refractivity contribution < 1.29 is 13.2 Å². The number of thiophene rings is 1. The van der Waals surface area contributed by atoms with Crippen molar-refractivity contribution in [3.8, 4) is 0 Å². The molecule has 1 atom stereocenters. The highest BCUT2D eigenvalue weighted by Crippen LogP contribution is 2.26. The van der Waals surface area contributed by atoms with E-state index < -0.39 is 10.0 Å². The minimum atomic E-state index is -3.49. The molecule has 0 amide bonds. The van der Waals surface area contributed by atoms with E-state index in [-0.39, 0.29) is 6.04 Å². The number of hydrogen-bond acceptors (Lipinski definition) is 5. The van der Waals surface area contributed by atoms with Crippen molar-refractivity contribution in [1.29, 1.82) is 0 Å². The Kier molecular flexibility index (Phi) is 5.45. The third-order valence-electron chi connectivity index (χ3n) is 3.88. The maximum atomic E-state index is 12.4. The SMILES string of the molecule is O=S(=O)(NCC(c1cccs1)N1CCOCC1)c1ccccc1. The standard InChI is InChI=1S/C16H20N2O3S2/c19-23(20,14-5-2-1-3-6-14)17-13-15(16-7-4-12-22-16)18-8-10-21-11-9-18/h1-7,12,15,17H,8-11,13H2. The predicted molar refractivity (Wildman–Crippen MR) is 91.1 cm³/mol. The van der Waals surface area contributed by atoms with E-state index in [9.17, 15) is 8.42 Å². The maximum Gasteiger partial charge on any atom is 0.240 e. The highest BCUT2D eigenvalue weighted by molar-refractivity contribution is 7.89. The molecule has 124 valence electrons. The van der Waals surface area contributed by atoms with Gasteiger partial charge in [-0.25, -0.2) is 13.1 Å². The highest BCUT2D eigenvalue weighted by Gasteiger charge is 2.25. The van der Waals surface area contributed by atoms with Crippen LogP contribution in [0.2, 0.25) is 0 Å². The Labute approximate surface area is 140 Å². The number of morpholine rings is 1. The van der Waals surface area contributed by atoms with Gasteiger partial charge in [0.15, 0.2) is 0 Å². The van der Waals surface area contributed by atoms with Crippen molar-refractivity contribution in [3.05, 3.63) is 52.7 Å². The van der Waals surface area contributed by atoms with Crippen LogP contribution in [0.4, 0.5) is 0 Å². The van der Waals surface area contributed by atoms with Gasteiger partial charge in [0.2, 0.25) is 10.0 Å². The quantitative estimate of drug-likeness (QED) is 0.865. The van der Waals surface area contributed by atoms with Gasteiger partial charge < -0.3 is 4.74 Å². The second-order valence-corrected chi connectivity index (χ2v) is 8.09. The van der Waals surface area contributed by atoms with Gasteiger partial charge in [-0.2, -0.15) is 0 Å². The van der Waals surface area contributed by atoms with Crippen LogP contribution in [0.1, 0.15) is 10.9 Å². The van der Waals surface area contributed by atoms with E-state index in [2.05, 4.69) is 15.7 Å². The van der Waals surface area contributed by atoms with Gasteiger partial charge in [0, 0.05) is 24.5 Å². The number of sulfonamides is 1. The third kappa shape index (κ3) is 4.19. The van der Waals surface area contributed by atoms with Gasteiger partial charge in [0.05, 0.1) is 24.2 Å². The van der Waals surface area contributed by atoms with Crippen molar-refractivity contribution in [1.82, 2.24) is 9.62 Å². The predicted octanol–water partition coefficient (Wildman–Crippen LogP) is 2.10. The molecule has 1 aliphatic heterocycles. The zero-order valence-corrected chi connectivity index (χ0v) is 14.4. The number of nitrogens with zero attached hydrogens (tertiary/aromatic N) is 1. The monoisotopic (exact) mass is 352 g/mol. The molecule has 2 heterocycles. The Hall–Kier alpha value is -1.25. The van der Waals surface area contributed by atoms with E-state index in [0.717, 1.165) is 13.1 Å². The average Bonchev–Trinajstić information content (AvgIpc) is 3.11. The van der Waals surface area contributed by atoms with E-state index in [4.69, 9.17) is 4.74 Å². The molecule has 1 N–H and O–H groups in total. The van der Waals surface area contributed by atoms with Crippen molar-refractivity contribution >= 4 is 21.4 Å². The van der Waals surface area contributed by atoms with Crippen LogP contribution >= 0.6 is 11.3 Å². The Morgan fingerprint density at radius 3 is 2.52 bits per heavy atom. The van der Waals surface area contributed by atoms with Crippen molar-refractivity contribution in [2.75, 3.05) is 32.8 Å². The minimum Gasteiger partial charge on any atom is -0.379 e. The Balaban J connectivity index is 1.74. The molecular formula is C16H20N2O3S2. The van der Waals surface area contributed by atoms with Gasteiger partial charge in [-0.05, 0) is 23.6 Å². The molecule has 1 unspecified atom stereocenters. The molecule has 2 aromatic rings. The topological polar surface area (TPSA) is 58.6 Å². The molecule has 0 saturated carbocycles. The van der Waals surface area contributed by atoms with Crippen molar-refractivity contribution in [2.24, 2.45) is 0 Å². The lowest BCUT2D eigenvalue weighted by molar-refractivity contribution is 0.0179. The molecule has 1 aromatic carbocycles. The summed E-state index contributed by atoms with van der Waals surface area (Å²) in [7, 11) is -3.49. The van der Waals surface area contributed by atoms with Crippen LogP contribution in [0.3, 0.4) is 0 Å². The minimum absolute atomic E-state index is 0.0392. The molecule has 23 heavy (non-hydrogen) atoms. The summed E-state index contributed by atoms with van der Waals surface area (Å²) in [6.45, 7) is 3.36. The number of nitrogens with one attached hydrogen (secondary N) is 1. The summed E-state index contributed by atoms with van der Waals surface area (Å²) in [5, 5.41) is 2.02. The molecule has 0 spiro atoms. The fourth-order valence-electron chi connectivity index (χ4n) is 2.65. The van der Waals surface area contributed by atoms with Crippen LogP contribution in [-0.2, 0) is 14.8 Å². The van der Waals surface area contributed by atoms with Crippen LogP contribution in [0.5, 0.6) is 0 Å². The number of ether oxygens (including phenoxy) is 1. The third-order valence-corrected chi connectivity index (χ3v) is 6.29. The van der Waals surface area contributed by atoms with E-state index in [1.54, 1.807) is 41.7 Å². The fourth-order valence-corrected chi connectivity index (χ4v) is 4.57. The molecule has 7 heteroatoms. The number of hydrogen-bond donors (Lipinski definition) is 1. The Morgan fingerprint density at radius 1 is 1.13 bits per heavy atom. The van der Waals surface area contributed by atoms with Gasteiger partial charge in [0.25, 0.3) is 0 Å². The molecule has 3 rings (SSSR count). The summed E-state index contributed by atoms with van der Waals surface area (Å²) in [5.41, 5.74) is 0. The van der Waals surface area contributed by atoms with Crippen molar-refractivity contribution in [2.45, 2.75) is 10.9 Å². The second-order valence-electron chi connectivity index (χ2n) is 5.34. The summed E-state index contributed by atoms with van der Waals surface area (Å²) >= 11 is 1.65. The largest absolute Gasteiger partial charge is 0.379 e. The first-order valence-corrected chi connectivity index (χ1v) is 9.93. The molecule has 1 fully saturated rings. The maximum absolute atomic E-state index is 12.4. The lowest BCUT2D eigenvalue weighted by atomic mass is 10.2. The summed E-state index contributed by atoms with van der Waals surface area (Å²) in [4.78, 5) is 3.75. The molecule has 1 aliphatic rings. The number of benzene rings is 1. The second kappa shape index (κ2) is 7.55. The van der Waals surface area contributed by atoms with Gasteiger partial charge in [0.1, 0.15) is 0 Å². The summed E-state index contributed by atoms with van der Waals surface area (Å²) in [6.07, 6.45) is 0. The molecule has 0 aliphatic carbocycles.